The van der Waals surface area contributed by atoms with E-state index in [4.69, 9.17) is 0 Å². The highest BCUT2D eigenvalue weighted by Crippen LogP contribution is 2.24. The summed E-state index contributed by atoms with van der Waals surface area (Å²) in [7, 11) is 1.69. The molecule has 0 heterocycles. The number of benzene rings is 1. The second kappa shape index (κ2) is 6.85. The van der Waals surface area contributed by atoms with Gasteiger partial charge in [-0.25, -0.2) is 0 Å². The monoisotopic (exact) mass is 281 g/mol. The number of hydrogen-bond donors (Lipinski definition) is 2. The van der Waals surface area contributed by atoms with Gasteiger partial charge in [-0.2, -0.15) is 0 Å². The van der Waals surface area contributed by atoms with Crippen LogP contribution < -0.4 is 10.2 Å². The predicted molar refractivity (Wildman–Crippen MR) is 75.6 cm³/mol. The average molecular weight is 281 g/mol. The summed E-state index contributed by atoms with van der Waals surface area (Å²) >= 11 is 0. The summed E-state index contributed by atoms with van der Waals surface area (Å²) in [6.07, 6.45) is 0. The Kier molecular flexibility index (Phi) is 5.45. The van der Waals surface area contributed by atoms with Gasteiger partial charge in [-0.05, 0) is 19.9 Å². The maximum atomic E-state index is 11.7. The molecule has 1 aromatic carbocycles. The molecule has 7 heteroatoms. The Morgan fingerprint density at radius 1 is 1.50 bits per heavy atom. The van der Waals surface area contributed by atoms with Gasteiger partial charge >= 0.3 is 0 Å². The normalized spacial score (nSPS) is 10.4. The molecule has 0 bridgehead atoms. The summed E-state index contributed by atoms with van der Waals surface area (Å²) in [5.74, 6) is -0.148. The van der Waals surface area contributed by atoms with Crippen molar-refractivity contribution in [3.8, 4) is 0 Å². The molecule has 0 atom stereocenters. The van der Waals surface area contributed by atoms with E-state index in [0.717, 1.165) is 0 Å². The van der Waals surface area contributed by atoms with Crippen LogP contribution in [0.15, 0.2) is 18.2 Å². The molecule has 1 rings (SSSR count). The summed E-state index contributed by atoms with van der Waals surface area (Å²) in [4.78, 5) is 23.5. The van der Waals surface area contributed by atoms with Crippen LogP contribution in [0.3, 0.4) is 0 Å². The fraction of sp³-hybridized carbons (Fsp3) is 0.462. The van der Waals surface area contributed by atoms with Crippen LogP contribution in [0.25, 0.3) is 0 Å². The van der Waals surface area contributed by atoms with Crippen LogP contribution in [-0.4, -0.2) is 35.6 Å². The number of anilines is 1. The number of likely N-dealkylation sites (N-methyl/N-ethyl adjacent to an activating group) is 1. The minimum absolute atomic E-state index is 0.0464. The first-order valence-corrected chi connectivity index (χ1v) is 6.23. The third-order valence-electron chi connectivity index (χ3n) is 2.69. The highest BCUT2D eigenvalue weighted by Gasteiger charge is 2.15. The molecule has 0 radical (unpaired) electrons. The zero-order valence-electron chi connectivity index (χ0n) is 11.8. The number of amides is 1. The van der Waals surface area contributed by atoms with Gasteiger partial charge in [0.2, 0.25) is 5.91 Å². The van der Waals surface area contributed by atoms with Gasteiger partial charge in [0.15, 0.2) is 0 Å². The SMILES string of the molecule is CC(C)NC(=O)CN(C)c1ccc([N+](=O)[O-])cc1CO. The predicted octanol–water partition coefficient (Wildman–Crippen LogP) is 1.05. The Balaban J connectivity index is 2.89. The number of rotatable bonds is 6. The highest BCUT2D eigenvalue weighted by atomic mass is 16.6. The van der Waals surface area contributed by atoms with Crippen LogP contribution >= 0.6 is 0 Å². The largest absolute Gasteiger partial charge is 0.392 e. The van der Waals surface area contributed by atoms with E-state index in [2.05, 4.69) is 5.32 Å². The first-order chi connectivity index (χ1) is 9.35. The van der Waals surface area contributed by atoms with Crippen molar-refractivity contribution in [1.29, 1.82) is 0 Å². The quantitative estimate of drug-likeness (QED) is 0.600. The number of nitro benzene ring substituents is 1. The van der Waals surface area contributed by atoms with Gasteiger partial charge in [0, 0.05) is 36.5 Å². The van der Waals surface area contributed by atoms with E-state index in [1.165, 1.54) is 18.2 Å². The number of aliphatic hydroxyl groups is 1. The molecule has 1 amide bonds. The fourth-order valence-corrected chi connectivity index (χ4v) is 1.85. The van der Waals surface area contributed by atoms with Crippen LogP contribution in [0.4, 0.5) is 11.4 Å². The first-order valence-electron chi connectivity index (χ1n) is 6.23. The van der Waals surface area contributed by atoms with Gasteiger partial charge in [-0.3, -0.25) is 14.9 Å². The van der Waals surface area contributed by atoms with E-state index in [9.17, 15) is 20.0 Å². The van der Waals surface area contributed by atoms with E-state index < -0.39 is 4.92 Å². The summed E-state index contributed by atoms with van der Waals surface area (Å²) < 4.78 is 0. The maximum absolute atomic E-state index is 11.7. The van der Waals surface area contributed by atoms with Crippen LogP contribution in [0, 0.1) is 10.1 Å². The van der Waals surface area contributed by atoms with Gasteiger partial charge in [0.1, 0.15) is 0 Å². The second-order valence-corrected chi connectivity index (χ2v) is 4.81. The van der Waals surface area contributed by atoms with E-state index in [1.54, 1.807) is 11.9 Å². The molecular formula is C13H19N3O4. The summed E-state index contributed by atoms with van der Waals surface area (Å²) in [6, 6.07) is 4.24. The van der Waals surface area contributed by atoms with Gasteiger partial charge in [-0.1, -0.05) is 0 Å². The minimum Gasteiger partial charge on any atom is -0.392 e. The molecule has 0 aliphatic heterocycles. The van der Waals surface area contributed by atoms with Crippen molar-refractivity contribution in [2.75, 3.05) is 18.5 Å². The molecule has 110 valence electrons. The topological polar surface area (TPSA) is 95.7 Å². The van der Waals surface area contributed by atoms with Crippen LogP contribution in [0.5, 0.6) is 0 Å². The number of nitro groups is 1. The molecule has 0 fully saturated rings. The van der Waals surface area contributed by atoms with Crippen molar-refractivity contribution >= 4 is 17.3 Å². The molecule has 0 unspecified atom stereocenters. The maximum Gasteiger partial charge on any atom is 0.269 e. The highest BCUT2D eigenvalue weighted by molar-refractivity contribution is 5.81. The molecular weight excluding hydrogens is 262 g/mol. The number of aliphatic hydroxyl groups excluding tert-OH is 1. The molecule has 0 aliphatic rings. The Bertz CT molecular complexity index is 502. The summed E-state index contributed by atoms with van der Waals surface area (Å²) in [5.41, 5.74) is 0.925. The third-order valence-corrected chi connectivity index (χ3v) is 2.69. The van der Waals surface area contributed by atoms with E-state index in [0.29, 0.717) is 11.3 Å². The molecule has 0 spiro atoms. The molecule has 1 aromatic rings. The van der Waals surface area contributed by atoms with E-state index in [-0.39, 0.29) is 30.8 Å². The van der Waals surface area contributed by atoms with E-state index >= 15 is 0 Å². The Labute approximate surface area is 117 Å². The van der Waals surface area contributed by atoms with Crippen molar-refractivity contribution in [1.82, 2.24) is 5.32 Å². The van der Waals surface area contributed by atoms with Crippen LogP contribution in [0.1, 0.15) is 19.4 Å². The lowest BCUT2D eigenvalue weighted by Gasteiger charge is -2.22. The smallest absolute Gasteiger partial charge is 0.269 e. The standard InChI is InChI=1S/C13H19N3O4/c1-9(2)14-13(18)7-15(3)12-5-4-11(16(19)20)6-10(12)8-17/h4-6,9,17H,7-8H2,1-3H3,(H,14,18). The van der Waals surface area contributed by atoms with Gasteiger partial charge in [0.05, 0.1) is 18.1 Å². The number of carbonyl (C=O) groups is 1. The zero-order valence-corrected chi connectivity index (χ0v) is 11.8. The number of carbonyl (C=O) groups excluding carboxylic acids is 1. The minimum atomic E-state index is -0.519. The Hall–Kier alpha value is -2.15. The van der Waals surface area contributed by atoms with Crippen LogP contribution in [-0.2, 0) is 11.4 Å². The summed E-state index contributed by atoms with van der Waals surface area (Å²) in [6.45, 7) is 3.52. The molecule has 7 nitrogen and oxygen atoms in total. The lowest BCUT2D eigenvalue weighted by Crippen LogP contribution is -2.38. The lowest BCUT2D eigenvalue weighted by molar-refractivity contribution is -0.384. The molecule has 0 aliphatic carbocycles. The van der Waals surface area contributed by atoms with E-state index in [1.807, 2.05) is 13.8 Å². The molecule has 20 heavy (non-hydrogen) atoms. The van der Waals surface area contributed by atoms with Gasteiger partial charge < -0.3 is 15.3 Å². The number of hydrogen-bond acceptors (Lipinski definition) is 5. The number of nitrogens with zero attached hydrogens (tertiary/aromatic N) is 2. The van der Waals surface area contributed by atoms with Crippen molar-refractivity contribution in [3.05, 3.63) is 33.9 Å². The number of nitrogens with one attached hydrogen (secondary N) is 1. The van der Waals surface area contributed by atoms with Crippen molar-refractivity contribution in [2.24, 2.45) is 0 Å². The average Bonchev–Trinajstić information content (AvgIpc) is 2.36. The second-order valence-electron chi connectivity index (χ2n) is 4.81. The molecule has 0 saturated heterocycles. The van der Waals surface area contributed by atoms with Crippen molar-refractivity contribution < 1.29 is 14.8 Å². The molecule has 0 aromatic heterocycles. The molecule has 0 saturated carbocycles. The first kappa shape index (κ1) is 15.9. The van der Waals surface area contributed by atoms with Gasteiger partial charge in [-0.15, -0.1) is 0 Å². The zero-order chi connectivity index (χ0) is 15.3. The molecule has 2 N–H and O–H groups in total. The number of non-ortho nitro benzene ring substituents is 1. The van der Waals surface area contributed by atoms with Gasteiger partial charge in [0.25, 0.3) is 5.69 Å². The fourth-order valence-electron chi connectivity index (χ4n) is 1.85. The van der Waals surface area contributed by atoms with Crippen LogP contribution in [0.2, 0.25) is 0 Å². The lowest BCUT2D eigenvalue weighted by atomic mass is 10.1. The van der Waals surface area contributed by atoms with Crippen molar-refractivity contribution in [2.45, 2.75) is 26.5 Å². The summed E-state index contributed by atoms with van der Waals surface area (Å²) in [5, 5.41) is 22.8. The Morgan fingerprint density at radius 2 is 2.15 bits per heavy atom. The Morgan fingerprint density at radius 3 is 2.65 bits per heavy atom. The van der Waals surface area contributed by atoms with Crippen molar-refractivity contribution in [3.63, 3.8) is 0 Å². The third kappa shape index (κ3) is 4.20.